The fraction of sp³-hybridized carbons (Fsp3) is 0.333. The van der Waals surface area contributed by atoms with Crippen molar-refractivity contribution in [2.24, 2.45) is 0 Å². The number of esters is 1. The molecule has 2 aromatic rings. The summed E-state index contributed by atoms with van der Waals surface area (Å²) in [6.45, 7) is 4.28. The van der Waals surface area contributed by atoms with Gasteiger partial charge in [-0.2, -0.15) is 0 Å². The van der Waals surface area contributed by atoms with Crippen LogP contribution in [0.2, 0.25) is 5.02 Å². The lowest BCUT2D eigenvalue weighted by Gasteiger charge is -2.05. The van der Waals surface area contributed by atoms with Crippen molar-refractivity contribution in [3.63, 3.8) is 0 Å². The molecule has 0 amide bonds. The van der Waals surface area contributed by atoms with Crippen LogP contribution >= 0.6 is 22.9 Å². The highest BCUT2D eigenvalue weighted by Gasteiger charge is 2.12. The minimum atomic E-state index is -0.240. The van der Waals surface area contributed by atoms with Gasteiger partial charge in [0.05, 0.1) is 18.7 Å². The third kappa shape index (κ3) is 3.58. The zero-order valence-electron chi connectivity index (χ0n) is 11.5. The monoisotopic (exact) mass is 309 g/mol. The van der Waals surface area contributed by atoms with Gasteiger partial charge in [-0.25, -0.2) is 4.98 Å². The minimum Gasteiger partial charge on any atom is -0.466 e. The first-order valence-corrected chi connectivity index (χ1v) is 7.78. The SMILES string of the molecule is CCOC(=O)Cc1csc(-c2ccc(Cl)cc2CC)n1. The molecule has 0 atom stereocenters. The summed E-state index contributed by atoms with van der Waals surface area (Å²) in [6.07, 6.45) is 1.11. The highest BCUT2D eigenvalue weighted by molar-refractivity contribution is 7.13. The summed E-state index contributed by atoms with van der Waals surface area (Å²) < 4.78 is 4.93. The molecule has 1 aromatic carbocycles. The summed E-state index contributed by atoms with van der Waals surface area (Å²) in [5, 5.41) is 3.55. The number of halogens is 1. The number of hydrogen-bond donors (Lipinski definition) is 0. The van der Waals surface area contributed by atoms with Crippen molar-refractivity contribution in [3.05, 3.63) is 39.9 Å². The summed E-state index contributed by atoms with van der Waals surface area (Å²) >= 11 is 7.55. The quantitative estimate of drug-likeness (QED) is 0.779. The van der Waals surface area contributed by atoms with E-state index in [0.717, 1.165) is 33.3 Å². The van der Waals surface area contributed by atoms with Crippen molar-refractivity contribution < 1.29 is 9.53 Å². The van der Waals surface area contributed by atoms with Crippen molar-refractivity contribution in [3.8, 4) is 10.6 Å². The molecule has 106 valence electrons. The number of benzene rings is 1. The molecular formula is C15H16ClNO2S. The second-order valence-electron chi connectivity index (χ2n) is 4.28. The molecule has 0 bridgehead atoms. The number of ether oxygens (including phenoxy) is 1. The Balaban J connectivity index is 2.22. The lowest BCUT2D eigenvalue weighted by molar-refractivity contribution is -0.142. The van der Waals surface area contributed by atoms with Crippen molar-refractivity contribution in [2.45, 2.75) is 26.7 Å². The predicted molar refractivity (Wildman–Crippen MR) is 82.3 cm³/mol. The van der Waals surface area contributed by atoms with E-state index in [1.807, 2.05) is 23.6 Å². The fourth-order valence-corrected chi connectivity index (χ4v) is 3.01. The molecule has 2 rings (SSSR count). The lowest BCUT2D eigenvalue weighted by Crippen LogP contribution is -2.07. The van der Waals surface area contributed by atoms with Crippen LogP contribution in [0.1, 0.15) is 25.1 Å². The van der Waals surface area contributed by atoms with E-state index in [2.05, 4.69) is 11.9 Å². The predicted octanol–water partition coefficient (Wildman–Crippen LogP) is 4.13. The first-order valence-electron chi connectivity index (χ1n) is 6.52. The number of nitrogens with zero attached hydrogens (tertiary/aromatic N) is 1. The third-order valence-electron chi connectivity index (χ3n) is 2.86. The first-order chi connectivity index (χ1) is 9.63. The van der Waals surface area contributed by atoms with Gasteiger partial charge in [-0.15, -0.1) is 11.3 Å². The smallest absolute Gasteiger partial charge is 0.311 e. The van der Waals surface area contributed by atoms with E-state index in [1.54, 1.807) is 6.92 Å². The number of carbonyl (C=O) groups excluding carboxylic acids is 1. The largest absolute Gasteiger partial charge is 0.466 e. The highest BCUT2D eigenvalue weighted by atomic mass is 35.5. The Kier molecular flexibility index (Phi) is 5.15. The van der Waals surface area contributed by atoms with E-state index in [1.165, 1.54) is 11.3 Å². The van der Waals surface area contributed by atoms with Crippen LogP contribution in [0.3, 0.4) is 0 Å². The molecule has 1 heterocycles. The standard InChI is InChI=1S/C15H16ClNO2S/c1-3-10-7-11(16)5-6-13(10)15-17-12(9-20-15)8-14(18)19-4-2/h5-7,9H,3-4,8H2,1-2H3. The zero-order valence-corrected chi connectivity index (χ0v) is 13.1. The Morgan fingerprint density at radius 3 is 2.90 bits per heavy atom. The van der Waals surface area contributed by atoms with Gasteiger partial charge in [-0.05, 0) is 31.0 Å². The molecule has 0 spiro atoms. The molecule has 0 N–H and O–H groups in total. The zero-order chi connectivity index (χ0) is 14.5. The summed E-state index contributed by atoms with van der Waals surface area (Å²) in [5.74, 6) is -0.240. The molecule has 3 nitrogen and oxygen atoms in total. The van der Waals surface area contributed by atoms with Crippen LogP contribution in [0.5, 0.6) is 0 Å². The second-order valence-corrected chi connectivity index (χ2v) is 5.58. The Morgan fingerprint density at radius 1 is 1.40 bits per heavy atom. The maximum Gasteiger partial charge on any atom is 0.311 e. The van der Waals surface area contributed by atoms with E-state index in [-0.39, 0.29) is 12.4 Å². The van der Waals surface area contributed by atoms with Crippen LogP contribution in [0, 0.1) is 0 Å². The van der Waals surface area contributed by atoms with Crippen LogP contribution in [-0.2, 0) is 22.4 Å². The molecule has 0 unspecified atom stereocenters. The second kappa shape index (κ2) is 6.86. The van der Waals surface area contributed by atoms with Crippen molar-refractivity contribution >= 4 is 28.9 Å². The molecule has 5 heteroatoms. The molecule has 0 aliphatic rings. The van der Waals surface area contributed by atoms with E-state index in [0.29, 0.717) is 6.61 Å². The minimum absolute atomic E-state index is 0.222. The molecule has 0 saturated heterocycles. The van der Waals surface area contributed by atoms with E-state index >= 15 is 0 Å². The number of aromatic nitrogens is 1. The molecule has 0 aliphatic heterocycles. The van der Waals surface area contributed by atoms with Crippen molar-refractivity contribution in [2.75, 3.05) is 6.61 Å². The van der Waals surface area contributed by atoms with Gasteiger partial charge in [0.25, 0.3) is 0 Å². The highest BCUT2D eigenvalue weighted by Crippen LogP contribution is 2.29. The molecule has 0 radical (unpaired) electrons. The van der Waals surface area contributed by atoms with Gasteiger partial charge in [0.1, 0.15) is 5.01 Å². The molecule has 20 heavy (non-hydrogen) atoms. The summed E-state index contributed by atoms with van der Waals surface area (Å²) in [5.41, 5.74) is 2.99. The van der Waals surface area contributed by atoms with Gasteiger partial charge in [0.15, 0.2) is 0 Å². The number of thiazole rings is 1. The average Bonchev–Trinajstić information content (AvgIpc) is 2.87. The van der Waals surface area contributed by atoms with Crippen LogP contribution < -0.4 is 0 Å². The van der Waals surface area contributed by atoms with Crippen LogP contribution in [0.4, 0.5) is 0 Å². The molecule has 0 aliphatic carbocycles. The van der Waals surface area contributed by atoms with Gasteiger partial charge in [-0.3, -0.25) is 4.79 Å². The Bertz CT molecular complexity index is 610. The molecular weight excluding hydrogens is 294 g/mol. The maximum atomic E-state index is 11.5. The number of hydrogen-bond acceptors (Lipinski definition) is 4. The molecule has 0 fully saturated rings. The lowest BCUT2D eigenvalue weighted by atomic mass is 10.1. The van der Waals surface area contributed by atoms with Gasteiger partial charge in [0.2, 0.25) is 0 Å². The van der Waals surface area contributed by atoms with Crippen LogP contribution in [-0.4, -0.2) is 17.6 Å². The normalized spacial score (nSPS) is 10.6. The van der Waals surface area contributed by atoms with Gasteiger partial charge >= 0.3 is 5.97 Å². The fourth-order valence-electron chi connectivity index (χ4n) is 1.94. The van der Waals surface area contributed by atoms with Crippen LogP contribution in [0.15, 0.2) is 23.6 Å². The average molecular weight is 310 g/mol. The summed E-state index contributed by atoms with van der Waals surface area (Å²) in [4.78, 5) is 16.0. The Hall–Kier alpha value is -1.39. The Labute approximate surface area is 127 Å². The number of rotatable bonds is 5. The van der Waals surface area contributed by atoms with Gasteiger partial charge < -0.3 is 4.74 Å². The summed E-state index contributed by atoms with van der Waals surface area (Å²) in [7, 11) is 0. The summed E-state index contributed by atoms with van der Waals surface area (Å²) in [6, 6.07) is 5.81. The maximum absolute atomic E-state index is 11.5. The van der Waals surface area contributed by atoms with E-state index < -0.39 is 0 Å². The molecule has 0 saturated carbocycles. The van der Waals surface area contributed by atoms with Crippen LogP contribution in [0.25, 0.3) is 10.6 Å². The van der Waals surface area contributed by atoms with Crippen molar-refractivity contribution in [1.29, 1.82) is 0 Å². The number of carbonyl (C=O) groups is 1. The third-order valence-corrected chi connectivity index (χ3v) is 4.02. The molecule has 1 aromatic heterocycles. The van der Waals surface area contributed by atoms with E-state index in [4.69, 9.17) is 16.3 Å². The topological polar surface area (TPSA) is 39.2 Å². The van der Waals surface area contributed by atoms with E-state index in [9.17, 15) is 4.79 Å². The first kappa shape index (κ1) is 15.0. The van der Waals surface area contributed by atoms with Gasteiger partial charge in [-0.1, -0.05) is 24.6 Å². The van der Waals surface area contributed by atoms with Gasteiger partial charge in [0, 0.05) is 16.0 Å². The van der Waals surface area contributed by atoms with Crippen molar-refractivity contribution in [1.82, 2.24) is 4.98 Å². The number of aryl methyl sites for hydroxylation is 1. The Morgan fingerprint density at radius 2 is 2.20 bits per heavy atom.